The number of hydrogen-bond acceptors (Lipinski definition) is 7. The number of hydrogen-bond donors (Lipinski definition) is 2. The second kappa shape index (κ2) is 7.46. The molecule has 0 saturated heterocycles. The zero-order valence-electron chi connectivity index (χ0n) is 16.2. The molecule has 0 unspecified atom stereocenters. The number of aromatic nitrogens is 6. The first-order valence-electron chi connectivity index (χ1n) is 9.83. The van der Waals surface area contributed by atoms with Gasteiger partial charge >= 0.3 is 0 Å². The molecular formula is C21H22N8. The van der Waals surface area contributed by atoms with Crippen molar-refractivity contribution in [3.63, 3.8) is 0 Å². The van der Waals surface area contributed by atoms with E-state index in [1.165, 1.54) is 0 Å². The SMILES string of the molecule is Cc1cnc(N[C@H]2CC[C@H](Nc3ccc(-n4ncc5ccccc54)cn3)C2)nn1. The zero-order valence-corrected chi connectivity index (χ0v) is 16.2. The summed E-state index contributed by atoms with van der Waals surface area (Å²) in [5, 5.41) is 20.7. The lowest BCUT2D eigenvalue weighted by Gasteiger charge is -2.15. The summed E-state index contributed by atoms with van der Waals surface area (Å²) < 4.78 is 1.91. The van der Waals surface area contributed by atoms with Gasteiger partial charge in [0, 0.05) is 17.5 Å². The lowest BCUT2D eigenvalue weighted by molar-refractivity contribution is 0.712. The number of benzene rings is 1. The molecule has 1 saturated carbocycles. The molecule has 0 spiro atoms. The van der Waals surface area contributed by atoms with Crippen LogP contribution in [0.3, 0.4) is 0 Å². The van der Waals surface area contributed by atoms with Crippen LogP contribution in [0.2, 0.25) is 0 Å². The van der Waals surface area contributed by atoms with Crippen LogP contribution in [0.4, 0.5) is 11.8 Å². The molecule has 1 fully saturated rings. The van der Waals surface area contributed by atoms with Crippen LogP contribution in [0.15, 0.2) is 55.0 Å². The highest BCUT2D eigenvalue weighted by molar-refractivity contribution is 5.80. The van der Waals surface area contributed by atoms with Crippen LogP contribution in [0.1, 0.15) is 25.0 Å². The number of aryl methyl sites for hydroxylation is 1. The van der Waals surface area contributed by atoms with Crippen molar-refractivity contribution in [1.29, 1.82) is 0 Å². The van der Waals surface area contributed by atoms with E-state index in [1.807, 2.05) is 48.3 Å². The van der Waals surface area contributed by atoms with E-state index < -0.39 is 0 Å². The second-order valence-electron chi connectivity index (χ2n) is 7.44. The molecule has 146 valence electrons. The van der Waals surface area contributed by atoms with E-state index in [4.69, 9.17) is 0 Å². The van der Waals surface area contributed by atoms with Crippen molar-refractivity contribution in [2.24, 2.45) is 0 Å². The molecule has 29 heavy (non-hydrogen) atoms. The Hall–Kier alpha value is -3.55. The van der Waals surface area contributed by atoms with E-state index in [0.717, 1.165) is 47.4 Å². The molecule has 2 atom stereocenters. The predicted octanol–water partition coefficient (Wildman–Crippen LogP) is 3.36. The molecule has 1 aliphatic rings. The molecule has 5 rings (SSSR count). The fourth-order valence-corrected chi connectivity index (χ4v) is 3.81. The van der Waals surface area contributed by atoms with Gasteiger partial charge in [-0.15, -0.1) is 5.10 Å². The monoisotopic (exact) mass is 386 g/mol. The van der Waals surface area contributed by atoms with E-state index in [2.05, 4.69) is 48.0 Å². The molecule has 8 nitrogen and oxygen atoms in total. The Bertz CT molecular complexity index is 1100. The van der Waals surface area contributed by atoms with Crippen LogP contribution < -0.4 is 10.6 Å². The van der Waals surface area contributed by atoms with Gasteiger partial charge in [0.2, 0.25) is 5.95 Å². The standard InChI is InChI=1S/C21H22N8/c1-14-11-23-21(28-27-14)26-17-7-6-16(10-17)25-20-9-8-18(13-22-20)29-19-5-3-2-4-15(19)12-24-29/h2-5,8-9,11-13,16-17H,6-7,10H2,1H3,(H,22,25)(H,23,26,28)/t16-,17-/m0/s1. The highest BCUT2D eigenvalue weighted by Crippen LogP contribution is 2.25. The molecule has 0 radical (unpaired) electrons. The fraction of sp³-hybridized carbons (Fsp3) is 0.286. The van der Waals surface area contributed by atoms with Gasteiger partial charge in [0.1, 0.15) is 5.82 Å². The minimum Gasteiger partial charge on any atom is -0.367 e. The maximum absolute atomic E-state index is 4.60. The number of nitrogens with zero attached hydrogens (tertiary/aromatic N) is 6. The van der Waals surface area contributed by atoms with Gasteiger partial charge in [0.05, 0.1) is 35.5 Å². The van der Waals surface area contributed by atoms with Crippen LogP contribution in [0, 0.1) is 6.92 Å². The van der Waals surface area contributed by atoms with Gasteiger partial charge in [-0.05, 0) is 44.4 Å². The summed E-state index contributed by atoms with van der Waals surface area (Å²) in [5.41, 5.74) is 2.85. The number of pyridine rings is 1. The van der Waals surface area contributed by atoms with Gasteiger partial charge < -0.3 is 10.6 Å². The van der Waals surface area contributed by atoms with Gasteiger partial charge in [-0.3, -0.25) is 0 Å². The number of para-hydroxylation sites is 1. The summed E-state index contributed by atoms with van der Waals surface area (Å²) in [7, 11) is 0. The van der Waals surface area contributed by atoms with Crippen molar-refractivity contribution in [3.8, 4) is 5.69 Å². The van der Waals surface area contributed by atoms with Crippen molar-refractivity contribution < 1.29 is 0 Å². The maximum atomic E-state index is 4.60. The number of nitrogens with one attached hydrogen (secondary N) is 2. The first kappa shape index (κ1) is 17.5. The van der Waals surface area contributed by atoms with Crippen molar-refractivity contribution in [1.82, 2.24) is 29.9 Å². The first-order valence-corrected chi connectivity index (χ1v) is 9.83. The summed E-state index contributed by atoms with van der Waals surface area (Å²) in [6.45, 7) is 1.88. The lowest BCUT2D eigenvalue weighted by Crippen LogP contribution is -2.22. The van der Waals surface area contributed by atoms with Gasteiger partial charge in [-0.2, -0.15) is 10.2 Å². The summed E-state index contributed by atoms with van der Waals surface area (Å²) in [6, 6.07) is 12.9. The Balaban J connectivity index is 1.22. The average molecular weight is 386 g/mol. The molecule has 4 aromatic rings. The van der Waals surface area contributed by atoms with Crippen molar-refractivity contribution in [2.45, 2.75) is 38.3 Å². The van der Waals surface area contributed by atoms with E-state index >= 15 is 0 Å². The molecule has 1 aliphatic carbocycles. The van der Waals surface area contributed by atoms with Crippen LogP contribution in [-0.4, -0.2) is 42.0 Å². The highest BCUT2D eigenvalue weighted by atomic mass is 15.3. The number of fused-ring (bicyclic) bond motifs is 1. The Morgan fingerprint density at radius 1 is 0.897 bits per heavy atom. The number of rotatable bonds is 5. The topological polar surface area (TPSA) is 93.4 Å². The largest absolute Gasteiger partial charge is 0.367 e. The van der Waals surface area contributed by atoms with E-state index in [0.29, 0.717) is 18.0 Å². The molecule has 0 aliphatic heterocycles. The Morgan fingerprint density at radius 3 is 2.55 bits per heavy atom. The minimum atomic E-state index is 0.340. The van der Waals surface area contributed by atoms with Crippen molar-refractivity contribution in [2.75, 3.05) is 10.6 Å². The number of anilines is 2. The summed E-state index contributed by atoms with van der Waals surface area (Å²) in [6.07, 6.45) is 8.59. The molecule has 0 bridgehead atoms. The average Bonchev–Trinajstić information content (AvgIpc) is 3.37. The predicted molar refractivity (Wildman–Crippen MR) is 112 cm³/mol. The summed E-state index contributed by atoms with van der Waals surface area (Å²) in [5.74, 6) is 1.47. The molecule has 0 amide bonds. The molecule has 2 N–H and O–H groups in total. The van der Waals surface area contributed by atoms with Crippen LogP contribution >= 0.6 is 0 Å². The van der Waals surface area contributed by atoms with E-state index in [9.17, 15) is 0 Å². The normalized spacial score (nSPS) is 18.8. The van der Waals surface area contributed by atoms with Gasteiger partial charge in [0.15, 0.2) is 0 Å². The van der Waals surface area contributed by atoms with Gasteiger partial charge in [-0.1, -0.05) is 18.2 Å². The molecule has 3 heterocycles. The zero-order chi connectivity index (χ0) is 19.6. The van der Waals surface area contributed by atoms with Crippen LogP contribution in [0.25, 0.3) is 16.6 Å². The third kappa shape index (κ3) is 3.73. The van der Waals surface area contributed by atoms with Crippen molar-refractivity contribution in [3.05, 3.63) is 60.7 Å². The first-order chi connectivity index (χ1) is 14.2. The molecule has 8 heteroatoms. The van der Waals surface area contributed by atoms with Crippen LogP contribution in [0.5, 0.6) is 0 Å². The fourth-order valence-electron chi connectivity index (χ4n) is 3.81. The smallest absolute Gasteiger partial charge is 0.242 e. The molecular weight excluding hydrogens is 364 g/mol. The summed E-state index contributed by atoms with van der Waals surface area (Å²) >= 11 is 0. The Kier molecular flexibility index (Phi) is 4.51. The van der Waals surface area contributed by atoms with Crippen molar-refractivity contribution >= 4 is 22.7 Å². The molecule has 3 aromatic heterocycles. The van der Waals surface area contributed by atoms with E-state index in [-0.39, 0.29) is 0 Å². The maximum Gasteiger partial charge on any atom is 0.242 e. The lowest BCUT2D eigenvalue weighted by atomic mass is 10.2. The van der Waals surface area contributed by atoms with E-state index in [1.54, 1.807) is 6.20 Å². The third-order valence-corrected chi connectivity index (χ3v) is 5.26. The Morgan fingerprint density at radius 2 is 1.76 bits per heavy atom. The minimum absolute atomic E-state index is 0.340. The Labute approximate surface area is 168 Å². The third-order valence-electron chi connectivity index (χ3n) is 5.26. The second-order valence-corrected chi connectivity index (χ2v) is 7.44. The van der Waals surface area contributed by atoms with Gasteiger partial charge in [-0.25, -0.2) is 14.6 Å². The summed E-state index contributed by atoms with van der Waals surface area (Å²) in [4.78, 5) is 8.88. The van der Waals surface area contributed by atoms with Gasteiger partial charge in [0.25, 0.3) is 0 Å². The molecule has 1 aromatic carbocycles. The quantitative estimate of drug-likeness (QED) is 0.543. The van der Waals surface area contributed by atoms with Crippen LogP contribution in [-0.2, 0) is 0 Å². The highest BCUT2D eigenvalue weighted by Gasteiger charge is 2.25.